The Labute approximate surface area is 167 Å². The van der Waals surface area contributed by atoms with E-state index >= 15 is 0 Å². The van der Waals surface area contributed by atoms with E-state index in [1.165, 1.54) is 18.4 Å². The molecule has 29 heavy (non-hydrogen) atoms. The van der Waals surface area contributed by atoms with Crippen molar-refractivity contribution in [2.75, 3.05) is 5.32 Å². The molecule has 0 aliphatic carbocycles. The van der Waals surface area contributed by atoms with Crippen LogP contribution >= 0.6 is 0 Å². The molecule has 5 nitrogen and oxygen atoms in total. The number of oxazole rings is 1. The lowest BCUT2D eigenvalue weighted by Crippen LogP contribution is -2.15. The minimum absolute atomic E-state index is 0.172. The third-order valence-electron chi connectivity index (χ3n) is 4.74. The zero-order valence-electron chi connectivity index (χ0n) is 15.6. The molecule has 0 bridgehead atoms. The first-order valence-corrected chi connectivity index (χ1v) is 9.34. The smallest absolute Gasteiger partial charge is 0.277 e. The Kier molecular flexibility index (Phi) is 5.35. The number of nitrogens with zero attached hydrogens (tertiary/aromatic N) is 1. The molecule has 1 unspecified atom stereocenters. The third kappa shape index (κ3) is 4.50. The molecule has 3 aromatic carbocycles. The quantitative estimate of drug-likeness (QED) is 0.494. The van der Waals surface area contributed by atoms with E-state index in [1.54, 1.807) is 12.1 Å². The number of amides is 1. The number of carbonyl (C=O) groups is 1. The van der Waals surface area contributed by atoms with Crippen molar-refractivity contribution < 1.29 is 13.6 Å². The van der Waals surface area contributed by atoms with Gasteiger partial charge in [0.05, 0.1) is 6.04 Å². The first-order chi connectivity index (χ1) is 14.1. The van der Waals surface area contributed by atoms with E-state index in [2.05, 4.69) is 10.3 Å². The lowest BCUT2D eigenvalue weighted by molar-refractivity contribution is 0.102. The predicted octanol–water partition coefficient (Wildman–Crippen LogP) is 4.85. The van der Waals surface area contributed by atoms with Gasteiger partial charge in [-0.1, -0.05) is 42.5 Å². The molecular formula is C23H20FN3O2. The van der Waals surface area contributed by atoms with Gasteiger partial charge in [-0.3, -0.25) is 4.79 Å². The van der Waals surface area contributed by atoms with Crippen LogP contribution in [0.15, 0.2) is 77.4 Å². The summed E-state index contributed by atoms with van der Waals surface area (Å²) in [6.07, 6.45) is 2.53. The number of rotatable bonds is 6. The molecular weight excluding hydrogens is 369 g/mol. The predicted molar refractivity (Wildman–Crippen MR) is 110 cm³/mol. The Bertz CT molecular complexity index is 1140. The summed E-state index contributed by atoms with van der Waals surface area (Å²) in [4.78, 5) is 16.7. The highest BCUT2D eigenvalue weighted by Crippen LogP contribution is 2.20. The topological polar surface area (TPSA) is 81.1 Å². The molecule has 1 amide bonds. The van der Waals surface area contributed by atoms with Gasteiger partial charge in [0.15, 0.2) is 5.69 Å². The number of halogens is 1. The molecule has 3 N–H and O–H groups in total. The Hall–Kier alpha value is -3.51. The second kappa shape index (κ2) is 8.24. The fourth-order valence-electron chi connectivity index (χ4n) is 3.12. The van der Waals surface area contributed by atoms with Crippen molar-refractivity contribution in [2.45, 2.75) is 18.9 Å². The summed E-state index contributed by atoms with van der Waals surface area (Å²) >= 11 is 0. The zero-order chi connectivity index (χ0) is 20.2. The van der Waals surface area contributed by atoms with Crippen LogP contribution in [0.2, 0.25) is 0 Å². The average Bonchev–Trinajstić information content (AvgIpc) is 3.24. The maximum absolute atomic E-state index is 13.0. The zero-order valence-corrected chi connectivity index (χ0v) is 15.6. The first-order valence-electron chi connectivity index (χ1n) is 9.34. The fourth-order valence-corrected chi connectivity index (χ4v) is 3.12. The number of fused-ring (bicyclic) bond motifs is 1. The molecule has 1 aromatic heterocycles. The molecule has 0 radical (unpaired) electrons. The third-order valence-corrected chi connectivity index (χ3v) is 4.74. The van der Waals surface area contributed by atoms with Crippen LogP contribution in [0.4, 0.5) is 10.1 Å². The number of nitrogens with one attached hydrogen (secondary N) is 1. The van der Waals surface area contributed by atoms with Gasteiger partial charge in [-0.25, -0.2) is 9.37 Å². The molecule has 6 heteroatoms. The van der Waals surface area contributed by atoms with Crippen LogP contribution in [0.1, 0.15) is 34.4 Å². The molecule has 0 spiro atoms. The van der Waals surface area contributed by atoms with Crippen molar-refractivity contribution in [3.63, 3.8) is 0 Å². The van der Waals surface area contributed by atoms with Crippen LogP contribution < -0.4 is 11.1 Å². The SMILES string of the molecule is NC(CCc1ccc(F)cc1)c1nc(C(=O)Nc2ccc3ccccc3c2)co1. The number of carbonyl (C=O) groups excluding carboxylic acids is 1. The van der Waals surface area contributed by atoms with Crippen LogP contribution in [0.25, 0.3) is 10.8 Å². The second-order valence-corrected chi connectivity index (χ2v) is 6.86. The number of nitrogens with two attached hydrogens (primary N) is 1. The van der Waals surface area contributed by atoms with Crippen molar-refractivity contribution in [1.82, 2.24) is 4.98 Å². The fraction of sp³-hybridized carbons (Fsp3) is 0.130. The van der Waals surface area contributed by atoms with Gasteiger partial charge in [0, 0.05) is 5.69 Å². The maximum atomic E-state index is 13.0. The molecule has 0 fully saturated rings. The monoisotopic (exact) mass is 389 g/mol. The van der Waals surface area contributed by atoms with Crippen molar-refractivity contribution in [1.29, 1.82) is 0 Å². The molecule has 4 rings (SSSR count). The lowest BCUT2D eigenvalue weighted by Gasteiger charge is -2.07. The molecule has 1 atom stereocenters. The van der Waals surface area contributed by atoms with Gasteiger partial charge in [-0.05, 0) is 53.4 Å². The van der Waals surface area contributed by atoms with E-state index in [-0.39, 0.29) is 17.4 Å². The van der Waals surface area contributed by atoms with E-state index in [1.807, 2.05) is 42.5 Å². The average molecular weight is 389 g/mol. The summed E-state index contributed by atoms with van der Waals surface area (Å²) in [7, 11) is 0. The van der Waals surface area contributed by atoms with Gasteiger partial charge < -0.3 is 15.5 Å². The Balaban J connectivity index is 1.39. The number of aromatic nitrogens is 1. The summed E-state index contributed by atoms with van der Waals surface area (Å²) in [5.74, 6) is -0.329. The Morgan fingerprint density at radius 3 is 2.62 bits per heavy atom. The molecule has 0 saturated carbocycles. The summed E-state index contributed by atoms with van der Waals surface area (Å²) in [6.45, 7) is 0. The highest BCUT2D eigenvalue weighted by molar-refractivity contribution is 6.03. The van der Waals surface area contributed by atoms with Crippen molar-refractivity contribution in [3.05, 3.63) is 96.0 Å². The molecule has 0 aliphatic heterocycles. The van der Waals surface area contributed by atoms with Crippen LogP contribution in [0, 0.1) is 5.82 Å². The van der Waals surface area contributed by atoms with Gasteiger partial charge in [0.1, 0.15) is 12.1 Å². The Morgan fingerprint density at radius 1 is 1.07 bits per heavy atom. The van der Waals surface area contributed by atoms with Crippen LogP contribution in [0.3, 0.4) is 0 Å². The molecule has 4 aromatic rings. The van der Waals surface area contributed by atoms with Gasteiger partial charge in [0.25, 0.3) is 5.91 Å². The van der Waals surface area contributed by atoms with Crippen molar-refractivity contribution >= 4 is 22.4 Å². The van der Waals surface area contributed by atoms with Crippen LogP contribution in [-0.2, 0) is 6.42 Å². The highest BCUT2D eigenvalue weighted by Gasteiger charge is 2.17. The van der Waals surface area contributed by atoms with E-state index < -0.39 is 6.04 Å². The number of anilines is 1. The van der Waals surface area contributed by atoms with Crippen molar-refractivity contribution in [2.24, 2.45) is 5.73 Å². The standard InChI is InChI=1S/C23H20FN3O2/c24-18-9-5-15(6-10-18)7-12-20(25)23-27-21(14-29-23)22(28)26-19-11-8-16-3-1-2-4-17(16)13-19/h1-6,8-11,13-14,20H,7,12,25H2,(H,26,28). The highest BCUT2D eigenvalue weighted by atomic mass is 19.1. The normalized spacial score (nSPS) is 12.1. The molecule has 146 valence electrons. The van der Waals surface area contributed by atoms with Gasteiger partial charge in [-0.2, -0.15) is 0 Å². The van der Waals surface area contributed by atoms with Crippen LogP contribution in [0.5, 0.6) is 0 Å². The number of hydrogen-bond acceptors (Lipinski definition) is 4. The van der Waals surface area contributed by atoms with E-state index in [9.17, 15) is 9.18 Å². The minimum atomic E-state index is -0.456. The summed E-state index contributed by atoms with van der Waals surface area (Å²) in [5, 5.41) is 4.96. The van der Waals surface area contributed by atoms with E-state index in [4.69, 9.17) is 10.2 Å². The first kappa shape index (κ1) is 18.8. The maximum Gasteiger partial charge on any atom is 0.277 e. The van der Waals surface area contributed by atoms with Gasteiger partial charge in [0.2, 0.25) is 5.89 Å². The summed E-state index contributed by atoms with van der Waals surface area (Å²) < 4.78 is 18.4. The van der Waals surface area contributed by atoms with Gasteiger partial charge in [-0.15, -0.1) is 0 Å². The van der Waals surface area contributed by atoms with Gasteiger partial charge >= 0.3 is 0 Å². The van der Waals surface area contributed by atoms with E-state index in [0.717, 1.165) is 16.3 Å². The number of hydrogen-bond donors (Lipinski definition) is 2. The number of benzene rings is 3. The number of aryl methyl sites for hydroxylation is 1. The van der Waals surface area contributed by atoms with E-state index in [0.29, 0.717) is 24.4 Å². The molecule has 0 aliphatic rings. The van der Waals surface area contributed by atoms with Crippen molar-refractivity contribution in [3.8, 4) is 0 Å². The largest absolute Gasteiger partial charge is 0.446 e. The Morgan fingerprint density at radius 2 is 1.83 bits per heavy atom. The van der Waals surface area contributed by atoms with Crippen LogP contribution in [-0.4, -0.2) is 10.9 Å². The molecule has 1 heterocycles. The minimum Gasteiger partial charge on any atom is -0.446 e. The summed E-state index contributed by atoms with van der Waals surface area (Å²) in [6, 6.07) is 19.4. The summed E-state index contributed by atoms with van der Waals surface area (Å²) in [5.41, 5.74) is 7.96. The second-order valence-electron chi connectivity index (χ2n) is 6.86. The lowest BCUT2D eigenvalue weighted by atomic mass is 10.1. The molecule has 0 saturated heterocycles.